The first kappa shape index (κ1) is 9.75. The molecule has 2 rings (SSSR count). The van der Waals surface area contributed by atoms with Gasteiger partial charge in [0.15, 0.2) is 0 Å². The zero-order chi connectivity index (χ0) is 10.8. The van der Waals surface area contributed by atoms with Gasteiger partial charge in [0.2, 0.25) is 0 Å². The van der Waals surface area contributed by atoms with Crippen LogP contribution in [-0.4, -0.2) is 10.2 Å². The molecule has 1 N–H and O–H groups in total. The number of fused-ring (bicyclic) bond motifs is 1. The number of hydrogen-bond acceptors (Lipinski definition) is 1. The molecule has 15 heavy (non-hydrogen) atoms. The van der Waals surface area contributed by atoms with E-state index in [4.69, 9.17) is 0 Å². The second kappa shape index (κ2) is 3.76. The predicted molar refractivity (Wildman–Crippen MR) is 63.5 cm³/mol. The number of hydrogen-bond donors (Lipinski definition) is 1. The summed E-state index contributed by atoms with van der Waals surface area (Å²) in [6.45, 7) is 7.97. The van der Waals surface area contributed by atoms with E-state index in [2.05, 4.69) is 42.4 Å². The van der Waals surface area contributed by atoms with Crippen molar-refractivity contribution < 1.29 is 0 Å². The van der Waals surface area contributed by atoms with Crippen LogP contribution in [0.5, 0.6) is 0 Å². The first-order valence-electron chi connectivity index (χ1n) is 5.07. The highest BCUT2D eigenvalue weighted by atomic mass is 15.1. The number of H-pyrrole nitrogens is 1. The Morgan fingerprint density at radius 1 is 1.40 bits per heavy atom. The van der Waals surface area contributed by atoms with Gasteiger partial charge in [-0.1, -0.05) is 38.6 Å². The van der Waals surface area contributed by atoms with Gasteiger partial charge in [-0.15, -0.1) is 5.73 Å². The van der Waals surface area contributed by atoms with E-state index < -0.39 is 0 Å². The Hall–Kier alpha value is -1.79. The summed E-state index contributed by atoms with van der Waals surface area (Å²) >= 11 is 0. The van der Waals surface area contributed by atoms with Crippen LogP contribution in [0.25, 0.3) is 16.5 Å². The zero-order valence-corrected chi connectivity index (χ0v) is 9.04. The molecule has 0 aliphatic carbocycles. The predicted octanol–water partition coefficient (Wildman–Crippen LogP) is 3.39. The molecule has 0 spiro atoms. The van der Waals surface area contributed by atoms with Gasteiger partial charge in [-0.25, -0.2) is 0 Å². The number of aromatic amines is 1. The maximum absolute atomic E-state index is 4.32. The molecule has 2 nitrogen and oxygen atoms in total. The van der Waals surface area contributed by atoms with Crippen molar-refractivity contribution >= 4 is 16.5 Å². The molecule has 1 heterocycles. The van der Waals surface area contributed by atoms with E-state index in [1.165, 1.54) is 0 Å². The fourth-order valence-electron chi connectivity index (χ4n) is 1.73. The van der Waals surface area contributed by atoms with Gasteiger partial charge in [-0.05, 0) is 12.0 Å². The van der Waals surface area contributed by atoms with Gasteiger partial charge in [0.25, 0.3) is 0 Å². The number of benzene rings is 1. The van der Waals surface area contributed by atoms with Crippen molar-refractivity contribution in [1.82, 2.24) is 10.2 Å². The number of allylic oxidation sites excluding steroid dienone is 1. The van der Waals surface area contributed by atoms with Gasteiger partial charge in [0, 0.05) is 11.0 Å². The molecule has 0 aliphatic heterocycles. The molecule has 2 heteroatoms. The van der Waals surface area contributed by atoms with Crippen LogP contribution in [-0.2, 0) is 0 Å². The van der Waals surface area contributed by atoms with Crippen LogP contribution >= 0.6 is 0 Å². The molecule has 76 valence electrons. The highest BCUT2D eigenvalue weighted by Gasteiger charge is 2.12. The summed E-state index contributed by atoms with van der Waals surface area (Å²) in [5.74, 6) is 0.384. The third kappa shape index (κ3) is 1.60. The summed E-state index contributed by atoms with van der Waals surface area (Å²) in [5, 5.41) is 8.48. The lowest BCUT2D eigenvalue weighted by atomic mass is 9.99. The Morgan fingerprint density at radius 3 is 2.80 bits per heavy atom. The summed E-state index contributed by atoms with van der Waals surface area (Å²) in [6, 6.07) is 8.10. The Morgan fingerprint density at radius 2 is 2.13 bits per heavy atom. The Bertz CT molecular complexity index is 528. The molecule has 0 bridgehead atoms. The smallest absolute Gasteiger partial charge is 0.104 e. The molecule has 0 amide bonds. The highest BCUT2D eigenvalue weighted by molar-refractivity contribution is 5.90. The van der Waals surface area contributed by atoms with Crippen LogP contribution in [0.4, 0.5) is 0 Å². The second-order valence-corrected chi connectivity index (χ2v) is 3.86. The minimum atomic E-state index is 0.384. The van der Waals surface area contributed by atoms with Crippen LogP contribution in [0.1, 0.15) is 19.5 Å². The number of para-hydroxylation sites is 1. The zero-order valence-electron chi connectivity index (χ0n) is 9.04. The normalized spacial score (nSPS) is 10.6. The molecule has 1 aromatic carbocycles. The number of aromatic nitrogens is 2. The monoisotopic (exact) mass is 198 g/mol. The van der Waals surface area contributed by atoms with Gasteiger partial charge in [0.05, 0.1) is 5.52 Å². The third-order valence-corrected chi connectivity index (χ3v) is 2.49. The number of nitrogens with one attached hydrogen (secondary N) is 1. The standard InChI is InChI=1S/C13H14N2/c1-4-10(9(2)3)13-11-7-5-6-8-12(11)14-15-13/h5-9H,1H2,2-3H3,(H,14,15). The average molecular weight is 198 g/mol. The van der Waals surface area contributed by atoms with Gasteiger partial charge in [0.1, 0.15) is 5.69 Å². The van der Waals surface area contributed by atoms with Gasteiger partial charge >= 0.3 is 0 Å². The topological polar surface area (TPSA) is 28.7 Å². The van der Waals surface area contributed by atoms with Crippen molar-refractivity contribution in [3.8, 4) is 0 Å². The molecule has 0 unspecified atom stereocenters. The number of rotatable bonds is 2. The van der Waals surface area contributed by atoms with E-state index in [-0.39, 0.29) is 0 Å². The minimum Gasteiger partial charge on any atom is -0.277 e. The molecular weight excluding hydrogens is 184 g/mol. The number of nitrogens with zero attached hydrogens (tertiary/aromatic N) is 1. The fraction of sp³-hybridized carbons (Fsp3) is 0.231. The Kier molecular flexibility index (Phi) is 2.44. The summed E-state index contributed by atoms with van der Waals surface area (Å²) in [7, 11) is 0. The van der Waals surface area contributed by atoms with E-state index in [1.807, 2.05) is 18.2 Å². The lowest BCUT2D eigenvalue weighted by molar-refractivity contribution is 0.848. The van der Waals surface area contributed by atoms with Crippen molar-refractivity contribution in [2.45, 2.75) is 13.8 Å². The van der Waals surface area contributed by atoms with Crippen molar-refractivity contribution in [2.75, 3.05) is 0 Å². The van der Waals surface area contributed by atoms with Gasteiger partial charge in [-0.2, -0.15) is 5.10 Å². The quantitative estimate of drug-likeness (QED) is 0.736. The molecule has 0 saturated heterocycles. The Balaban J connectivity index is 2.67. The summed E-state index contributed by atoms with van der Waals surface area (Å²) in [6.07, 6.45) is 0. The van der Waals surface area contributed by atoms with E-state index in [0.29, 0.717) is 5.92 Å². The molecule has 0 radical (unpaired) electrons. The van der Waals surface area contributed by atoms with E-state index in [1.54, 1.807) is 0 Å². The van der Waals surface area contributed by atoms with E-state index >= 15 is 0 Å². The second-order valence-electron chi connectivity index (χ2n) is 3.86. The molecule has 0 atom stereocenters. The molecular formula is C13H14N2. The van der Waals surface area contributed by atoms with Crippen molar-refractivity contribution in [3.63, 3.8) is 0 Å². The SMILES string of the molecule is C=C=C(c1n[nH]c2ccccc12)C(C)C. The molecule has 0 aliphatic rings. The summed E-state index contributed by atoms with van der Waals surface area (Å²) < 4.78 is 0. The first-order valence-corrected chi connectivity index (χ1v) is 5.07. The Labute approximate surface area is 89.3 Å². The summed E-state index contributed by atoms with van der Waals surface area (Å²) in [5.41, 5.74) is 6.07. The molecule has 2 aromatic rings. The lowest BCUT2D eigenvalue weighted by Crippen LogP contribution is -1.93. The molecule has 0 saturated carbocycles. The highest BCUT2D eigenvalue weighted by Crippen LogP contribution is 2.26. The van der Waals surface area contributed by atoms with Gasteiger partial charge in [-0.3, -0.25) is 5.10 Å². The van der Waals surface area contributed by atoms with Crippen LogP contribution < -0.4 is 0 Å². The maximum atomic E-state index is 4.32. The average Bonchev–Trinajstić information content (AvgIpc) is 2.63. The van der Waals surface area contributed by atoms with E-state index in [0.717, 1.165) is 22.2 Å². The van der Waals surface area contributed by atoms with Gasteiger partial charge < -0.3 is 0 Å². The van der Waals surface area contributed by atoms with Crippen molar-refractivity contribution in [1.29, 1.82) is 0 Å². The van der Waals surface area contributed by atoms with Crippen LogP contribution in [0.2, 0.25) is 0 Å². The molecule has 1 aromatic heterocycles. The first-order chi connectivity index (χ1) is 7.24. The van der Waals surface area contributed by atoms with Crippen LogP contribution in [0, 0.1) is 5.92 Å². The van der Waals surface area contributed by atoms with Crippen LogP contribution in [0.15, 0.2) is 36.6 Å². The lowest BCUT2D eigenvalue weighted by Gasteiger charge is -2.05. The van der Waals surface area contributed by atoms with Crippen LogP contribution in [0.3, 0.4) is 0 Å². The molecule has 0 fully saturated rings. The summed E-state index contributed by atoms with van der Waals surface area (Å²) in [4.78, 5) is 0. The van der Waals surface area contributed by atoms with Crippen molar-refractivity contribution in [3.05, 3.63) is 42.3 Å². The fourth-order valence-corrected chi connectivity index (χ4v) is 1.73. The minimum absolute atomic E-state index is 0.384. The third-order valence-electron chi connectivity index (χ3n) is 2.49. The van der Waals surface area contributed by atoms with E-state index in [9.17, 15) is 0 Å². The van der Waals surface area contributed by atoms with Crippen molar-refractivity contribution in [2.24, 2.45) is 5.92 Å². The maximum Gasteiger partial charge on any atom is 0.104 e. The largest absolute Gasteiger partial charge is 0.277 e.